The molecule has 0 fully saturated rings. The predicted octanol–water partition coefficient (Wildman–Crippen LogP) is 5.03. The molecule has 1 aliphatic heterocycles. The lowest BCUT2D eigenvalue weighted by Crippen LogP contribution is -2.34. The number of fused-ring (bicyclic) bond motifs is 1. The van der Waals surface area contributed by atoms with Gasteiger partial charge in [0.2, 0.25) is 10.0 Å². The molecule has 200 valence electrons. The fraction of sp³-hybridized carbons (Fsp3) is 0.429. The van der Waals surface area contributed by atoms with Gasteiger partial charge < -0.3 is 5.73 Å². The van der Waals surface area contributed by atoms with Crippen LogP contribution in [0, 0.1) is 5.41 Å². The number of hydroxylamine groups is 2. The minimum Gasteiger partial charge on any atom is -0.387 e. The smallest absolute Gasteiger partial charge is 0.273 e. The van der Waals surface area contributed by atoms with Gasteiger partial charge in [-0.1, -0.05) is 52.0 Å². The summed E-state index contributed by atoms with van der Waals surface area (Å²) in [4.78, 5) is 23.4. The van der Waals surface area contributed by atoms with Gasteiger partial charge in [-0.2, -0.15) is 0 Å². The van der Waals surface area contributed by atoms with Crippen molar-refractivity contribution in [3.63, 3.8) is 0 Å². The van der Waals surface area contributed by atoms with Gasteiger partial charge in [-0.15, -0.1) is 0 Å². The third kappa shape index (κ3) is 7.74. The minimum atomic E-state index is -3.64. The Hall–Kier alpha value is -3.01. The molecule has 0 spiro atoms. The topological polar surface area (TPSA) is 114 Å². The maximum atomic E-state index is 13.1. The highest BCUT2D eigenvalue weighted by Crippen LogP contribution is 2.33. The largest absolute Gasteiger partial charge is 0.387 e. The lowest BCUT2D eigenvalue weighted by Gasteiger charge is -2.21. The van der Waals surface area contributed by atoms with Crippen LogP contribution >= 0.6 is 0 Å². The van der Waals surface area contributed by atoms with Crippen molar-refractivity contribution in [2.45, 2.75) is 58.8 Å². The van der Waals surface area contributed by atoms with Crippen molar-refractivity contribution in [1.29, 1.82) is 0 Å². The van der Waals surface area contributed by atoms with E-state index < -0.39 is 10.0 Å². The van der Waals surface area contributed by atoms with E-state index in [-0.39, 0.29) is 22.6 Å². The van der Waals surface area contributed by atoms with Crippen molar-refractivity contribution < 1.29 is 18.0 Å². The lowest BCUT2D eigenvalue weighted by atomic mass is 9.93. The zero-order valence-electron chi connectivity index (χ0n) is 22.4. The Bertz CT molecular complexity index is 1290. The molecule has 37 heavy (non-hydrogen) atoms. The molecule has 0 unspecified atom stereocenters. The first-order valence-corrected chi connectivity index (χ1v) is 14.1. The first kappa shape index (κ1) is 28.6. The standard InChI is InChI=1S/C28H38N4O4S/c1-6-15-32(36-7-2)27(33)23-16-22-12-11-21(18-25(22)31-26(29)19-23)20-9-8-10-24(17-20)37(34,35)30-14-13-28(3,4)5/h8-12,16-18,30H,6-7,13-15,19H2,1-5H3,(H2,29,31). The monoisotopic (exact) mass is 526 g/mol. The van der Waals surface area contributed by atoms with Crippen molar-refractivity contribution in [3.8, 4) is 11.1 Å². The molecule has 0 radical (unpaired) electrons. The summed E-state index contributed by atoms with van der Waals surface area (Å²) in [6, 6.07) is 12.4. The summed E-state index contributed by atoms with van der Waals surface area (Å²) in [5.74, 6) is 0.0958. The van der Waals surface area contributed by atoms with Gasteiger partial charge >= 0.3 is 0 Å². The van der Waals surface area contributed by atoms with Gasteiger partial charge in [-0.05, 0) is 60.6 Å². The quantitative estimate of drug-likeness (QED) is 0.421. The van der Waals surface area contributed by atoms with E-state index >= 15 is 0 Å². The van der Waals surface area contributed by atoms with Crippen LogP contribution in [0.25, 0.3) is 17.2 Å². The highest BCUT2D eigenvalue weighted by molar-refractivity contribution is 7.89. The van der Waals surface area contributed by atoms with Crippen molar-refractivity contribution in [2.24, 2.45) is 16.1 Å². The highest BCUT2D eigenvalue weighted by Gasteiger charge is 2.22. The number of hydrogen-bond acceptors (Lipinski definition) is 6. The second-order valence-corrected chi connectivity index (χ2v) is 12.1. The molecule has 0 bridgehead atoms. The number of amides is 1. The fourth-order valence-electron chi connectivity index (χ4n) is 3.94. The first-order chi connectivity index (χ1) is 17.4. The van der Waals surface area contributed by atoms with Crippen LogP contribution in [0.4, 0.5) is 5.69 Å². The van der Waals surface area contributed by atoms with E-state index in [2.05, 4.69) is 30.5 Å². The first-order valence-electron chi connectivity index (χ1n) is 12.7. The molecule has 1 aliphatic rings. The maximum absolute atomic E-state index is 13.1. The van der Waals surface area contributed by atoms with Crippen LogP contribution < -0.4 is 10.5 Å². The normalized spacial score (nSPS) is 13.9. The molecule has 0 aliphatic carbocycles. The number of aliphatic imine (C=N–C) groups is 1. The summed E-state index contributed by atoms with van der Waals surface area (Å²) >= 11 is 0. The molecule has 0 saturated carbocycles. The summed E-state index contributed by atoms with van der Waals surface area (Å²) in [7, 11) is -3.64. The molecule has 1 heterocycles. The molecule has 3 rings (SSSR count). The van der Waals surface area contributed by atoms with Gasteiger partial charge in [-0.3, -0.25) is 9.63 Å². The van der Waals surface area contributed by atoms with Gasteiger partial charge in [0.1, 0.15) is 5.84 Å². The molecular formula is C28H38N4O4S. The summed E-state index contributed by atoms with van der Waals surface area (Å²) < 4.78 is 28.4. The molecule has 2 aromatic carbocycles. The Balaban J connectivity index is 1.90. The van der Waals surface area contributed by atoms with E-state index in [0.29, 0.717) is 36.8 Å². The molecule has 2 aromatic rings. The SMILES string of the molecule is CCCN(OCC)C(=O)C1=Cc2ccc(-c3cccc(S(=O)(=O)NCCC(C)(C)C)c3)cc2N=C(N)C1. The Morgan fingerprint density at radius 3 is 2.54 bits per heavy atom. The second kappa shape index (κ2) is 12.0. The number of nitrogens with zero attached hydrogens (tertiary/aromatic N) is 2. The second-order valence-electron chi connectivity index (χ2n) is 10.3. The van der Waals surface area contributed by atoms with Crippen LogP contribution in [-0.4, -0.2) is 44.9 Å². The lowest BCUT2D eigenvalue weighted by molar-refractivity contribution is -0.180. The Labute approximate surface area is 220 Å². The molecule has 0 atom stereocenters. The molecule has 3 N–H and O–H groups in total. The Kier molecular flexibility index (Phi) is 9.28. The average Bonchev–Trinajstić information content (AvgIpc) is 3.00. The molecule has 0 aromatic heterocycles. The number of nitrogens with one attached hydrogen (secondary N) is 1. The van der Waals surface area contributed by atoms with Crippen molar-refractivity contribution in [1.82, 2.24) is 9.79 Å². The molecule has 9 heteroatoms. The number of hydrogen-bond donors (Lipinski definition) is 2. The maximum Gasteiger partial charge on any atom is 0.273 e. The van der Waals surface area contributed by atoms with Gasteiger partial charge in [0.25, 0.3) is 5.91 Å². The van der Waals surface area contributed by atoms with Crippen LogP contribution in [0.1, 0.15) is 59.4 Å². The van der Waals surface area contributed by atoms with E-state index in [9.17, 15) is 13.2 Å². The van der Waals surface area contributed by atoms with E-state index in [1.165, 1.54) is 5.06 Å². The van der Waals surface area contributed by atoms with E-state index in [1.54, 1.807) is 24.3 Å². The minimum absolute atomic E-state index is 0.0326. The Morgan fingerprint density at radius 2 is 1.86 bits per heavy atom. The highest BCUT2D eigenvalue weighted by atomic mass is 32.2. The number of benzene rings is 2. The third-order valence-electron chi connectivity index (χ3n) is 5.85. The predicted molar refractivity (Wildman–Crippen MR) is 149 cm³/mol. The number of nitrogens with two attached hydrogens (primary N) is 1. The van der Waals surface area contributed by atoms with E-state index in [0.717, 1.165) is 29.5 Å². The van der Waals surface area contributed by atoms with Crippen LogP contribution in [0.15, 0.2) is 57.9 Å². The summed E-state index contributed by atoms with van der Waals surface area (Å²) in [5.41, 5.74) is 9.63. The zero-order valence-corrected chi connectivity index (χ0v) is 23.2. The summed E-state index contributed by atoms with van der Waals surface area (Å²) in [6.07, 6.45) is 3.51. The zero-order chi connectivity index (χ0) is 27.2. The van der Waals surface area contributed by atoms with E-state index in [1.807, 2.05) is 38.1 Å². The molecule has 1 amide bonds. The van der Waals surface area contributed by atoms with Gasteiger partial charge in [0.15, 0.2) is 0 Å². The molecular weight excluding hydrogens is 488 g/mol. The molecule has 8 nitrogen and oxygen atoms in total. The van der Waals surface area contributed by atoms with E-state index in [4.69, 9.17) is 10.6 Å². The van der Waals surface area contributed by atoms with Crippen molar-refractivity contribution in [2.75, 3.05) is 19.7 Å². The van der Waals surface area contributed by atoms with Crippen LogP contribution in [0.5, 0.6) is 0 Å². The Morgan fingerprint density at radius 1 is 1.14 bits per heavy atom. The number of sulfonamides is 1. The number of carbonyl (C=O) groups is 1. The van der Waals surface area contributed by atoms with Crippen molar-refractivity contribution >= 4 is 33.5 Å². The van der Waals surface area contributed by atoms with Gasteiger partial charge in [-0.25, -0.2) is 23.2 Å². The average molecular weight is 527 g/mol. The van der Waals surface area contributed by atoms with Crippen LogP contribution in [-0.2, 0) is 19.7 Å². The number of amidine groups is 1. The molecule has 0 saturated heterocycles. The summed E-state index contributed by atoms with van der Waals surface area (Å²) in [5, 5.41) is 1.37. The van der Waals surface area contributed by atoms with Crippen LogP contribution in [0.3, 0.4) is 0 Å². The van der Waals surface area contributed by atoms with Crippen LogP contribution in [0.2, 0.25) is 0 Å². The fourth-order valence-corrected chi connectivity index (χ4v) is 5.02. The number of carbonyl (C=O) groups excluding carboxylic acids is 1. The summed E-state index contributed by atoms with van der Waals surface area (Å²) in [6.45, 7) is 11.3. The third-order valence-corrected chi connectivity index (χ3v) is 7.31. The van der Waals surface area contributed by atoms with Gasteiger partial charge in [0.05, 0.1) is 17.2 Å². The van der Waals surface area contributed by atoms with Crippen molar-refractivity contribution in [3.05, 3.63) is 53.6 Å². The number of rotatable bonds is 10. The van der Waals surface area contributed by atoms with Gasteiger partial charge in [0, 0.05) is 30.6 Å².